The number of hydrogen-bond acceptors (Lipinski definition) is 3. The number of hydrogen-bond donors (Lipinski definition) is 2. The fourth-order valence-electron chi connectivity index (χ4n) is 0.445. The second-order valence-electron chi connectivity index (χ2n) is 2.03. The molecule has 0 spiro atoms. The van der Waals surface area contributed by atoms with Crippen LogP contribution in [-0.2, 0) is 0 Å². The minimum atomic E-state index is 0.287. The molecule has 0 aromatic rings. The van der Waals surface area contributed by atoms with Crippen molar-refractivity contribution in [1.29, 1.82) is 5.26 Å². The van der Waals surface area contributed by atoms with Gasteiger partial charge in [-0.05, 0) is 5.92 Å². The molecule has 0 fully saturated rings. The SMILES string of the molecule is CC(C)/C(=C/C#N)NN. The third-order valence-corrected chi connectivity index (χ3v) is 1.01. The van der Waals surface area contributed by atoms with Crippen LogP contribution < -0.4 is 11.3 Å². The number of rotatable bonds is 2. The summed E-state index contributed by atoms with van der Waals surface area (Å²) in [7, 11) is 0. The molecule has 50 valence electrons. The molecule has 3 nitrogen and oxygen atoms in total. The van der Waals surface area contributed by atoms with Gasteiger partial charge in [-0.3, -0.25) is 5.84 Å². The van der Waals surface area contributed by atoms with Gasteiger partial charge >= 0.3 is 0 Å². The Morgan fingerprint density at radius 1 is 1.78 bits per heavy atom. The minimum absolute atomic E-state index is 0.287. The number of nitrogens with one attached hydrogen (secondary N) is 1. The van der Waals surface area contributed by atoms with Gasteiger partial charge in [0.2, 0.25) is 0 Å². The van der Waals surface area contributed by atoms with Crippen LogP contribution in [0, 0.1) is 17.2 Å². The van der Waals surface area contributed by atoms with E-state index in [0.29, 0.717) is 0 Å². The Balaban J connectivity index is 4.02. The predicted molar refractivity (Wildman–Crippen MR) is 35.9 cm³/mol. The standard InChI is InChI=1S/C6H11N3/c1-5(2)6(9-8)3-4-7/h3,5,9H,8H2,1-2H3/b6-3-. The van der Waals surface area contributed by atoms with Gasteiger partial charge < -0.3 is 5.43 Å². The van der Waals surface area contributed by atoms with Crippen LogP contribution in [0.4, 0.5) is 0 Å². The molecule has 9 heavy (non-hydrogen) atoms. The van der Waals surface area contributed by atoms with Gasteiger partial charge in [0.1, 0.15) is 0 Å². The van der Waals surface area contributed by atoms with Crippen LogP contribution in [0.2, 0.25) is 0 Å². The summed E-state index contributed by atoms with van der Waals surface area (Å²) in [5.74, 6) is 5.38. The highest BCUT2D eigenvalue weighted by molar-refractivity contribution is 5.12. The van der Waals surface area contributed by atoms with Crippen LogP contribution in [0.3, 0.4) is 0 Å². The monoisotopic (exact) mass is 125 g/mol. The molecule has 0 atom stereocenters. The highest BCUT2D eigenvalue weighted by Crippen LogP contribution is 2.02. The van der Waals surface area contributed by atoms with Crippen molar-refractivity contribution in [3.8, 4) is 6.07 Å². The molecule has 0 aliphatic heterocycles. The maximum atomic E-state index is 8.19. The van der Waals surface area contributed by atoms with Crippen molar-refractivity contribution in [1.82, 2.24) is 5.43 Å². The van der Waals surface area contributed by atoms with E-state index >= 15 is 0 Å². The Morgan fingerprint density at radius 3 is 2.44 bits per heavy atom. The van der Waals surface area contributed by atoms with Gasteiger partial charge in [0.05, 0.1) is 6.07 Å². The fourth-order valence-corrected chi connectivity index (χ4v) is 0.445. The van der Waals surface area contributed by atoms with Crippen molar-refractivity contribution in [3.05, 3.63) is 11.8 Å². The average molecular weight is 125 g/mol. The zero-order valence-corrected chi connectivity index (χ0v) is 5.68. The molecular formula is C6H11N3. The molecule has 0 saturated heterocycles. The summed E-state index contributed by atoms with van der Waals surface area (Å²) < 4.78 is 0. The second-order valence-corrected chi connectivity index (χ2v) is 2.03. The van der Waals surface area contributed by atoms with E-state index in [1.165, 1.54) is 6.08 Å². The summed E-state index contributed by atoms with van der Waals surface area (Å²) >= 11 is 0. The number of hydrazine groups is 1. The summed E-state index contributed by atoms with van der Waals surface area (Å²) in [5.41, 5.74) is 3.20. The fraction of sp³-hybridized carbons (Fsp3) is 0.500. The Morgan fingerprint density at radius 2 is 2.33 bits per heavy atom. The molecule has 0 aliphatic rings. The molecule has 0 heterocycles. The maximum Gasteiger partial charge on any atom is 0.0930 e. The molecule has 0 amide bonds. The van der Waals surface area contributed by atoms with Crippen LogP contribution in [-0.4, -0.2) is 0 Å². The molecule has 0 bridgehead atoms. The molecule has 0 aromatic heterocycles. The van der Waals surface area contributed by atoms with Crippen LogP contribution in [0.5, 0.6) is 0 Å². The van der Waals surface area contributed by atoms with E-state index in [1.807, 2.05) is 19.9 Å². The molecule has 0 saturated carbocycles. The van der Waals surface area contributed by atoms with E-state index in [2.05, 4.69) is 5.43 Å². The maximum absolute atomic E-state index is 8.19. The van der Waals surface area contributed by atoms with Crippen molar-refractivity contribution >= 4 is 0 Å². The molecule has 3 N–H and O–H groups in total. The number of nitrogens with two attached hydrogens (primary N) is 1. The summed E-state index contributed by atoms with van der Waals surface area (Å²) in [6, 6.07) is 1.90. The van der Waals surface area contributed by atoms with Gasteiger partial charge in [-0.15, -0.1) is 0 Å². The van der Waals surface area contributed by atoms with Gasteiger partial charge in [-0.25, -0.2) is 0 Å². The number of allylic oxidation sites excluding steroid dienone is 2. The van der Waals surface area contributed by atoms with Crippen molar-refractivity contribution in [2.45, 2.75) is 13.8 Å². The second kappa shape index (κ2) is 3.93. The van der Waals surface area contributed by atoms with Crippen LogP contribution in [0.15, 0.2) is 11.8 Å². The van der Waals surface area contributed by atoms with Gasteiger partial charge in [0.15, 0.2) is 0 Å². The molecule has 0 aromatic carbocycles. The lowest BCUT2D eigenvalue weighted by atomic mass is 10.1. The lowest BCUT2D eigenvalue weighted by molar-refractivity contribution is 0.673. The third-order valence-electron chi connectivity index (χ3n) is 1.01. The van der Waals surface area contributed by atoms with Gasteiger partial charge in [-0.1, -0.05) is 13.8 Å². The van der Waals surface area contributed by atoms with Crippen LogP contribution in [0.25, 0.3) is 0 Å². The molecule has 0 aliphatic carbocycles. The zero-order valence-electron chi connectivity index (χ0n) is 5.68. The first kappa shape index (κ1) is 7.99. The van der Waals surface area contributed by atoms with E-state index in [9.17, 15) is 0 Å². The Hall–Kier alpha value is -1.01. The predicted octanol–water partition coefficient (Wildman–Crippen LogP) is 0.513. The van der Waals surface area contributed by atoms with E-state index in [1.54, 1.807) is 0 Å². The first-order valence-electron chi connectivity index (χ1n) is 2.78. The van der Waals surface area contributed by atoms with Crippen molar-refractivity contribution in [2.75, 3.05) is 0 Å². The molecule has 0 unspecified atom stereocenters. The largest absolute Gasteiger partial charge is 0.327 e. The number of nitrogens with zero attached hydrogens (tertiary/aromatic N) is 1. The van der Waals surface area contributed by atoms with Gasteiger partial charge in [0.25, 0.3) is 0 Å². The average Bonchev–Trinajstić information content (AvgIpc) is 1.82. The Labute approximate surface area is 55.1 Å². The third kappa shape index (κ3) is 2.73. The van der Waals surface area contributed by atoms with E-state index in [4.69, 9.17) is 11.1 Å². The summed E-state index contributed by atoms with van der Waals surface area (Å²) in [6.07, 6.45) is 1.41. The summed E-state index contributed by atoms with van der Waals surface area (Å²) in [6.45, 7) is 3.92. The van der Waals surface area contributed by atoms with E-state index < -0.39 is 0 Å². The lowest BCUT2D eigenvalue weighted by Gasteiger charge is -2.06. The van der Waals surface area contributed by atoms with Crippen molar-refractivity contribution in [3.63, 3.8) is 0 Å². The first-order valence-corrected chi connectivity index (χ1v) is 2.78. The van der Waals surface area contributed by atoms with Gasteiger partial charge in [-0.2, -0.15) is 5.26 Å². The summed E-state index contributed by atoms with van der Waals surface area (Å²) in [5, 5.41) is 8.19. The minimum Gasteiger partial charge on any atom is -0.327 e. The van der Waals surface area contributed by atoms with Crippen LogP contribution in [0.1, 0.15) is 13.8 Å². The van der Waals surface area contributed by atoms with E-state index in [-0.39, 0.29) is 5.92 Å². The van der Waals surface area contributed by atoms with Gasteiger partial charge in [0, 0.05) is 11.8 Å². The zero-order chi connectivity index (χ0) is 7.28. The van der Waals surface area contributed by atoms with Crippen molar-refractivity contribution < 1.29 is 0 Å². The lowest BCUT2D eigenvalue weighted by Crippen LogP contribution is -2.24. The Bertz CT molecular complexity index is 141. The van der Waals surface area contributed by atoms with Crippen LogP contribution >= 0.6 is 0 Å². The molecule has 3 heteroatoms. The highest BCUT2D eigenvalue weighted by Gasteiger charge is 1.97. The first-order chi connectivity index (χ1) is 4.22. The Kier molecular flexibility index (Phi) is 3.49. The quantitative estimate of drug-likeness (QED) is 0.321. The normalized spacial score (nSPS) is 11.2. The highest BCUT2D eigenvalue weighted by atomic mass is 15.2. The van der Waals surface area contributed by atoms with Crippen molar-refractivity contribution in [2.24, 2.45) is 11.8 Å². The molecule has 0 radical (unpaired) electrons. The summed E-state index contributed by atoms with van der Waals surface area (Å²) in [4.78, 5) is 0. The smallest absolute Gasteiger partial charge is 0.0930 e. The molecular weight excluding hydrogens is 114 g/mol. The molecule has 0 rings (SSSR count). The number of nitriles is 1. The topological polar surface area (TPSA) is 61.8 Å². The van der Waals surface area contributed by atoms with E-state index in [0.717, 1.165) is 5.70 Å².